The number of hydrogen-bond acceptors (Lipinski definition) is 4. The number of hydrogen-bond donors (Lipinski definition) is 0. The van der Waals surface area contributed by atoms with Crippen LogP contribution in [0.25, 0.3) is 0 Å². The number of aliphatic carboxylic acids is 1. The Morgan fingerprint density at radius 1 is 1.67 bits per heavy atom. The molecule has 2 rings (SSSR count). The molecule has 0 bridgehead atoms. The molecule has 0 spiro atoms. The molecule has 0 aliphatic carbocycles. The van der Waals surface area contributed by atoms with E-state index in [0.29, 0.717) is 6.42 Å². The molecular formula is C6H6KNO4. The van der Waals surface area contributed by atoms with E-state index in [9.17, 15) is 14.7 Å². The molecule has 2 heterocycles. The molecule has 12 heavy (non-hydrogen) atoms. The van der Waals surface area contributed by atoms with Gasteiger partial charge in [-0.15, -0.1) is 0 Å². The first-order valence-electron chi connectivity index (χ1n) is 3.34. The maximum atomic E-state index is 10.7. The van der Waals surface area contributed by atoms with E-state index in [0.717, 1.165) is 0 Å². The van der Waals surface area contributed by atoms with Crippen molar-refractivity contribution in [3.63, 3.8) is 0 Å². The maximum absolute atomic E-state index is 10.7. The summed E-state index contributed by atoms with van der Waals surface area (Å²) < 4.78 is 4.94. The van der Waals surface area contributed by atoms with Gasteiger partial charge in [0.25, 0.3) is 0 Å². The van der Waals surface area contributed by atoms with Gasteiger partial charge in [0.15, 0.2) is 0 Å². The summed E-state index contributed by atoms with van der Waals surface area (Å²) in [7, 11) is 0. The Morgan fingerprint density at radius 2 is 2.33 bits per heavy atom. The summed E-state index contributed by atoms with van der Waals surface area (Å²) in [5, 5.41) is 10.3. The van der Waals surface area contributed by atoms with Crippen molar-refractivity contribution >= 4 is 11.9 Å². The Bertz CT molecular complexity index is 232. The summed E-state index contributed by atoms with van der Waals surface area (Å²) in [6.45, 7) is 0.145. The molecule has 2 fully saturated rings. The number of amides is 1. The zero-order valence-electron chi connectivity index (χ0n) is 6.65. The minimum atomic E-state index is -1.24. The van der Waals surface area contributed by atoms with Crippen LogP contribution in [-0.2, 0) is 14.3 Å². The quantitative estimate of drug-likeness (QED) is 0.309. The fourth-order valence-corrected chi connectivity index (χ4v) is 1.31. The fourth-order valence-electron chi connectivity index (χ4n) is 1.31. The number of carbonyl (C=O) groups is 2. The van der Waals surface area contributed by atoms with Gasteiger partial charge < -0.3 is 19.5 Å². The van der Waals surface area contributed by atoms with Crippen molar-refractivity contribution in [2.24, 2.45) is 0 Å². The first kappa shape index (κ1) is 10.6. The molecule has 2 aliphatic rings. The van der Waals surface area contributed by atoms with Gasteiger partial charge in [0.1, 0.15) is 12.3 Å². The van der Waals surface area contributed by atoms with Gasteiger partial charge in [-0.05, 0) is 0 Å². The van der Waals surface area contributed by atoms with Gasteiger partial charge in [0, 0.05) is 0 Å². The summed E-state index contributed by atoms with van der Waals surface area (Å²) in [5.74, 6) is -1.29. The standard InChI is InChI=1S/C6H7NO4.K/c8-4-1-5-7(4)2-3(11-5)6(9)10;/h3,5H,1-2H2,(H,9,10);/q;+1/p-1/t3?,5-;/m0./s1. The number of carboxylic acids is 1. The van der Waals surface area contributed by atoms with Crippen molar-refractivity contribution in [3.05, 3.63) is 0 Å². The summed E-state index contributed by atoms with van der Waals surface area (Å²) >= 11 is 0. The number of ether oxygens (including phenoxy) is 1. The fraction of sp³-hybridized carbons (Fsp3) is 0.667. The predicted octanol–water partition coefficient (Wildman–Crippen LogP) is -5.30. The van der Waals surface area contributed by atoms with E-state index in [2.05, 4.69) is 0 Å². The Labute approximate surface area is 111 Å². The molecule has 0 N–H and O–H groups in total. The summed E-state index contributed by atoms with van der Waals surface area (Å²) in [5.41, 5.74) is 0. The third-order valence-electron chi connectivity index (χ3n) is 1.96. The number of nitrogens with zero attached hydrogens (tertiary/aromatic N) is 1. The van der Waals surface area contributed by atoms with Gasteiger partial charge in [0.05, 0.1) is 18.9 Å². The topological polar surface area (TPSA) is 69.7 Å². The molecule has 0 aromatic heterocycles. The molecule has 0 aromatic carbocycles. The second-order valence-corrected chi connectivity index (χ2v) is 2.65. The zero-order valence-corrected chi connectivity index (χ0v) is 9.77. The molecule has 2 saturated heterocycles. The number of β-lactam (4-membered cyclic amide) rings is 1. The van der Waals surface area contributed by atoms with Crippen LogP contribution in [-0.4, -0.2) is 35.7 Å². The normalized spacial score (nSPS) is 32.0. The number of carboxylic acid groups (broad SMARTS) is 1. The van der Waals surface area contributed by atoms with Crippen molar-refractivity contribution < 1.29 is 70.8 Å². The van der Waals surface area contributed by atoms with Gasteiger partial charge in [-0.2, -0.15) is 0 Å². The van der Waals surface area contributed by atoms with E-state index in [4.69, 9.17) is 4.74 Å². The average Bonchev–Trinajstić information content (AvgIpc) is 2.26. The Balaban J connectivity index is 0.000000720. The number of rotatable bonds is 1. The van der Waals surface area contributed by atoms with E-state index in [1.165, 1.54) is 4.90 Å². The van der Waals surface area contributed by atoms with Crippen LogP contribution in [0.3, 0.4) is 0 Å². The van der Waals surface area contributed by atoms with Gasteiger partial charge in [-0.1, -0.05) is 0 Å². The van der Waals surface area contributed by atoms with Gasteiger partial charge in [0.2, 0.25) is 5.91 Å². The predicted molar refractivity (Wildman–Crippen MR) is 30.0 cm³/mol. The van der Waals surface area contributed by atoms with Gasteiger partial charge in [-0.25, -0.2) is 0 Å². The van der Waals surface area contributed by atoms with Crippen LogP contribution in [0.5, 0.6) is 0 Å². The molecular weight excluding hydrogens is 189 g/mol. The largest absolute Gasteiger partial charge is 1.00 e. The minimum Gasteiger partial charge on any atom is -0.547 e. The number of carbonyl (C=O) groups excluding carboxylic acids is 2. The third kappa shape index (κ3) is 1.59. The second-order valence-electron chi connectivity index (χ2n) is 2.65. The second kappa shape index (κ2) is 3.73. The molecule has 60 valence electrons. The average molecular weight is 195 g/mol. The van der Waals surface area contributed by atoms with Crippen LogP contribution in [0.2, 0.25) is 0 Å². The smallest absolute Gasteiger partial charge is 0.547 e. The first-order chi connectivity index (χ1) is 5.18. The molecule has 2 atom stereocenters. The Hall–Kier alpha value is 0.536. The molecule has 1 unspecified atom stereocenters. The first-order valence-corrected chi connectivity index (χ1v) is 3.34. The van der Waals surface area contributed by atoms with Crippen molar-refractivity contribution in [1.29, 1.82) is 0 Å². The van der Waals surface area contributed by atoms with Gasteiger partial charge in [-0.3, -0.25) is 4.79 Å². The van der Waals surface area contributed by atoms with Crippen LogP contribution in [0.15, 0.2) is 0 Å². The van der Waals surface area contributed by atoms with Crippen LogP contribution in [0.1, 0.15) is 6.42 Å². The van der Waals surface area contributed by atoms with Crippen LogP contribution < -0.4 is 56.5 Å². The molecule has 0 radical (unpaired) electrons. The SMILES string of the molecule is O=C([O-])C1CN2C(=O)C[C@@H]2O1.[K+]. The van der Waals surface area contributed by atoms with Crippen LogP contribution in [0.4, 0.5) is 0 Å². The van der Waals surface area contributed by atoms with E-state index >= 15 is 0 Å². The van der Waals surface area contributed by atoms with E-state index < -0.39 is 12.1 Å². The molecule has 5 nitrogen and oxygen atoms in total. The van der Waals surface area contributed by atoms with Crippen molar-refractivity contribution in [1.82, 2.24) is 4.90 Å². The number of fused-ring (bicyclic) bond motifs is 1. The van der Waals surface area contributed by atoms with Crippen LogP contribution in [0, 0.1) is 0 Å². The molecule has 1 amide bonds. The molecule has 0 saturated carbocycles. The zero-order chi connectivity index (χ0) is 8.01. The van der Waals surface area contributed by atoms with Gasteiger partial charge >= 0.3 is 51.4 Å². The van der Waals surface area contributed by atoms with E-state index in [-0.39, 0.29) is 70.1 Å². The van der Waals surface area contributed by atoms with E-state index in [1.807, 2.05) is 0 Å². The summed E-state index contributed by atoms with van der Waals surface area (Å²) in [4.78, 5) is 22.4. The maximum Gasteiger partial charge on any atom is 1.00 e. The third-order valence-corrected chi connectivity index (χ3v) is 1.96. The molecule has 6 heteroatoms. The van der Waals surface area contributed by atoms with Crippen LogP contribution >= 0.6 is 0 Å². The van der Waals surface area contributed by atoms with Crippen molar-refractivity contribution in [2.45, 2.75) is 18.8 Å². The monoisotopic (exact) mass is 195 g/mol. The molecule has 2 aliphatic heterocycles. The van der Waals surface area contributed by atoms with E-state index in [1.54, 1.807) is 0 Å². The van der Waals surface area contributed by atoms with Crippen molar-refractivity contribution in [3.8, 4) is 0 Å². The summed E-state index contributed by atoms with van der Waals surface area (Å²) in [6, 6.07) is 0. The summed E-state index contributed by atoms with van der Waals surface area (Å²) in [6.07, 6.45) is -0.916. The Kier molecular flexibility index (Phi) is 3.30. The minimum absolute atomic E-state index is 0. The van der Waals surface area contributed by atoms with Crippen molar-refractivity contribution in [2.75, 3.05) is 6.54 Å². The molecule has 0 aromatic rings. The Morgan fingerprint density at radius 3 is 2.75 bits per heavy atom.